The van der Waals surface area contributed by atoms with Crippen molar-refractivity contribution in [1.29, 1.82) is 0 Å². The Kier molecular flexibility index (Phi) is 28.1. The van der Waals surface area contributed by atoms with Gasteiger partial charge in [-0.3, -0.25) is 29.3 Å². The number of hydroxylamine groups is 2. The van der Waals surface area contributed by atoms with E-state index in [0.717, 1.165) is 148 Å². The number of oxime groups is 5. The highest BCUT2D eigenvalue weighted by Crippen LogP contribution is 2.38. The fourth-order valence-electron chi connectivity index (χ4n) is 16.9. The number of piperidine rings is 1. The number of aryl methyl sites for hydroxylation is 5. The lowest BCUT2D eigenvalue weighted by Crippen LogP contribution is -2.50. The van der Waals surface area contributed by atoms with Crippen LogP contribution in [-0.4, -0.2) is 251 Å². The molecule has 0 N–H and O–H groups in total. The highest BCUT2D eigenvalue weighted by Gasteiger charge is 2.51. The molecule has 27 heteroatoms. The summed E-state index contributed by atoms with van der Waals surface area (Å²) in [5.41, 5.74) is 14.4. The van der Waals surface area contributed by atoms with Gasteiger partial charge in [0.1, 0.15) is 28.6 Å². The van der Waals surface area contributed by atoms with Gasteiger partial charge in [0.05, 0.1) is 49.9 Å². The van der Waals surface area contributed by atoms with Crippen LogP contribution in [0.15, 0.2) is 147 Å². The molecule has 0 spiro atoms. The number of benzene rings is 5. The lowest BCUT2D eigenvalue weighted by atomic mass is 10.0. The summed E-state index contributed by atoms with van der Waals surface area (Å²) in [5.74, 6) is 31.8. The molecule has 13 heterocycles. The van der Waals surface area contributed by atoms with Crippen molar-refractivity contribution in [3.8, 4) is 59.2 Å². The summed E-state index contributed by atoms with van der Waals surface area (Å²) < 4.78 is 5.31. The van der Waals surface area contributed by atoms with Crippen LogP contribution in [0.25, 0.3) is 0 Å². The lowest BCUT2D eigenvalue weighted by molar-refractivity contribution is -0.0936. The van der Waals surface area contributed by atoms with Crippen molar-refractivity contribution in [2.24, 2.45) is 55.4 Å². The van der Waals surface area contributed by atoms with Crippen LogP contribution in [-0.2, 0) is 33.8 Å². The zero-order valence-corrected chi connectivity index (χ0v) is 70.6. The van der Waals surface area contributed by atoms with Gasteiger partial charge >= 0.3 is 30.2 Å². The topological polar surface area (TPSA) is 244 Å². The van der Waals surface area contributed by atoms with Crippen LogP contribution in [0.2, 0.25) is 0 Å². The van der Waals surface area contributed by atoms with Crippen molar-refractivity contribution in [1.82, 2.24) is 49.2 Å². The van der Waals surface area contributed by atoms with Crippen molar-refractivity contribution in [2.45, 2.75) is 144 Å². The number of hydrogen-bond donors (Lipinski definition) is 0. The summed E-state index contributed by atoms with van der Waals surface area (Å²) >= 11 is 0. The molecule has 5 aromatic carbocycles. The van der Waals surface area contributed by atoms with Gasteiger partial charge in [-0.25, -0.2) is 29.0 Å². The van der Waals surface area contributed by atoms with E-state index in [4.69, 9.17) is 33.8 Å². The SMILES string of the molecule is CCN(CC)C(=O)N1CCC2C(C#Cc3cccc(C)c3)=NOC21.CON(C)C(=O)N1CCC2C(C#Cc3cccc(C)c3)=NOC21.Cc1cccc(C#CC2=NOC3C2CCN3C(=O)N2CCCC2)c1.Cc1cccc(C#CC2=NOC3C2CCN3C(=O)N2CCCCC2)c1.Cc1cccc(C#CC2=NOC3C2CCN3C(=O)N2CCOCC2)c1. The summed E-state index contributed by atoms with van der Waals surface area (Å²) in [6, 6.07) is 40.3. The molecule has 10 amide bonds. The Bertz CT molecular complexity index is 4900. The van der Waals surface area contributed by atoms with E-state index in [2.05, 4.69) is 123 Å². The van der Waals surface area contributed by atoms with E-state index in [1.807, 2.05) is 161 Å². The van der Waals surface area contributed by atoms with E-state index < -0.39 is 0 Å². The van der Waals surface area contributed by atoms with Crippen LogP contribution in [0.5, 0.6) is 0 Å². The average molecular weight is 1640 g/mol. The molecule has 8 fully saturated rings. The molecule has 27 nitrogen and oxygen atoms in total. The third kappa shape index (κ3) is 20.5. The number of fused-ring (bicyclic) bond motifs is 5. The molecule has 10 atom stereocenters. The van der Waals surface area contributed by atoms with Gasteiger partial charge in [0.25, 0.3) is 0 Å². The van der Waals surface area contributed by atoms with E-state index in [1.165, 1.54) is 46.4 Å². The lowest BCUT2D eigenvalue weighted by Gasteiger charge is -2.32. The summed E-state index contributed by atoms with van der Waals surface area (Å²) in [5, 5.41) is 21.8. The van der Waals surface area contributed by atoms with Crippen molar-refractivity contribution < 1.29 is 57.7 Å². The van der Waals surface area contributed by atoms with Crippen molar-refractivity contribution in [2.75, 3.05) is 112 Å². The second-order valence-electron chi connectivity index (χ2n) is 32.0. The second kappa shape index (κ2) is 40.1. The normalized spacial score (nSPS) is 23.7. The molecule has 0 bridgehead atoms. The molecule has 630 valence electrons. The summed E-state index contributed by atoms with van der Waals surface area (Å²) in [7, 11) is 3.03. The molecule has 0 aliphatic carbocycles. The molecule has 8 saturated heterocycles. The quantitative estimate of drug-likeness (QED) is 0.121. The second-order valence-corrected chi connectivity index (χ2v) is 32.0. The zero-order chi connectivity index (χ0) is 84.5. The minimum atomic E-state index is -0.387. The zero-order valence-electron chi connectivity index (χ0n) is 70.6. The van der Waals surface area contributed by atoms with Crippen LogP contribution in [0, 0.1) is 123 Å². The van der Waals surface area contributed by atoms with Crippen LogP contribution < -0.4 is 0 Å². The van der Waals surface area contributed by atoms with Gasteiger partial charge in [0.15, 0.2) is 0 Å². The maximum atomic E-state index is 12.8. The highest BCUT2D eigenvalue weighted by atomic mass is 16.7. The monoisotopic (exact) mass is 1640 g/mol. The molecule has 0 aromatic heterocycles. The number of ether oxygens (including phenoxy) is 1. The molecule has 13 aliphatic rings. The first-order chi connectivity index (χ1) is 58.9. The first-order valence-corrected chi connectivity index (χ1v) is 42.4. The van der Waals surface area contributed by atoms with Crippen molar-refractivity contribution in [3.05, 3.63) is 177 Å². The van der Waals surface area contributed by atoms with Gasteiger partial charge in [-0.2, -0.15) is 0 Å². The van der Waals surface area contributed by atoms with Crippen LogP contribution >= 0.6 is 0 Å². The van der Waals surface area contributed by atoms with E-state index in [9.17, 15) is 24.0 Å². The number of nitrogens with zero attached hydrogens (tertiary/aromatic N) is 15. The van der Waals surface area contributed by atoms with E-state index >= 15 is 0 Å². The number of hydrogen-bond acceptors (Lipinski definition) is 17. The largest absolute Gasteiger partial charge is 0.378 e. The fraction of sp³-hybridized carbons (Fsp3) is 0.468. The summed E-state index contributed by atoms with van der Waals surface area (Å²) in [4.78, 5) is 112. The molecule has 0 radical (unpaired) electrons. The molecular formula is C94H107N15O12. The molecule has 10 unspecified atom stereocenters. The van der Waals surface area contributed by atoms with Gasteiger partial charge in [0.2, 0.25) is 31.1 Å². The predicted octanol–water partition coefficient (Wildman–Crippen LogP) is 12.3. The Labute approximate surface area is 709 Å². The number of carbonyl (C=O) groups is 5. The third-order valence-electron chi connectivity index (χ3n) is 23.6. The Balaban J connectivity index is 0.000000124. The number of carbonyl (C=O) groups excluding carboxylic acids is 5. The average Bonchev–Trinajstić information content (AvgIpc) is 1.67. The standard InChI is InChI=1S/C20H23N3O2.C19H21N3O3.C19H21N3O2.C19H23N3O2.C17H19N3O3/c1-15-6-5-7-16(14-15)8-9-18-17-10-13-23(19(17)25-21-18)20(24)22-11-3-2-4-12-22;1-14-3-2-4-15(13-14)5-6-17-16-7-8-22(18(16)25-20-17)19(23)21-9-11-24-12-10-21;1-14-5-4-6-15(13-14)7-8-17-16-9-12-22(18(16)24-20-17)19(23)21-10-2-3-11-21;1-4-21(5-2)19(23)22-12-11-16-17(20-24-18(16)22)10-9-15-8-6-7-14(3)13-15;1-12-5-4-6-13(11-12)7-8-15-14-9-10-20(16(14)23-18-15)17(21)19(2)22-3/h5-7,14,17,19H,2-4,10-13H2,1H3;2-4,13,16,18H,7-12H2,1H3;4-6,13,16,18H,2-3,9-12H2,1H3;6-8,13,16,18H,4-5,11-12H2,1-3H3;4-6,11,14,16H,9-10H2,1-3H3. The third-order valence-corrected chi connectivity index (χ3v) is 23.6. The minimum Gasteiger partial charge on any atom is -0.378 e. The molecule has 121 heavy (non-hydrogen) atoms. The maximum Gasteiger partial charge on any atom is 0.346 e. The van der Waals surface area contributed by atoms with Gasteiger partial charge in [0, 0.05) is 120 Å². The van der Waals surface area contributed by atoms with E-state index in [1.54, 1.807) is 21.7 Å². The maximum absolute atomic E-state index is 12.8. The number of amides is 10. The van der Waals surface area contributed by atoms with E-state index in [0.29, 0.717) is 64.7 Å². The van der Waals surface area contributed by atoms with Crippen LogP contribution in [0.3, 0.4) is 0 Å². The molecule has 5 aromatic rings. The Morgan fingerprint density at radius 1 is 0.355 bits per heavy atom. The molecule has 0 saturated carbocycles. The van der Waals surface area contributed by atoms with E-state index in [-0.39, 0.29) is 90.9 Å². The fourth-order valence-corrected chi connectivity index (χ4v) is 16.9. The van der Waals surface area contributed by atoms with Gasteiger partial charge in [-0.05, 0) is 231 Å². The number of morpholine rings is 1. The van der Waals surface area contributed by atoms with Gasteiger partial charge in [-0.15, -0.1) is 0 Å². The van der Waals surface area contributed by atoms with Crippen LogP contribution in [0.1, 0.15) is 134 Å². The van der Waals surface area contributed by atoms with Crippen LogP contribution in [0.4, 0.5) is 24.0 Å². The van der Waals surface area contributed by atoms with Gasteiger partial charge < -0.3 is 48.5 Å². The Morgan fingerprint density at radius 2 is 0.612 bits per heavy atom. The summed E-state index contributed by atoms with van der Waals surface area (Å²) in [6.07, 6.45) is 8.23. The Hall–Kier alpha value is -12.5. The smallest absolute Gasteiger partial charge is 0.346 e. The van der Waals surface area contributed by atoms with Crippen molar-refractivity contribution >= 4 is 58.7 Å². The first kappa shape index (κ1) is 85.0. The highest BCUT2D eigenvalue weighted by molar-refractivity contribution is 6.06. The molecular weight excluding hydrogens is 1530 g/mol. The molecule has 18 rings (SSSR count). The number of likely N-dealkylation sites (tertiary alicyclic amines) is 7. The van der Waals surface area contributed by atoms with Crippen molar-refractivity contribution in [3.63, 3.8) is 0 Å². The first-order valence-electron chi connectivity index (χ1n) is 42.4. The number of urea groups is 5. The summed E-state index contributed by atoms with van der Waals surface area (Å²) in [6.45, 7) is 24.9. The van der Waals surface area contributed by atoms with Gasteiger partial charge in [-0.1, -0.05) is 116 Å². The minimum absolute atomic E-state index is 0.0129. The number of rotatable bonds is 3. The molecule has 13 aliphatic heterocycles. The Morgan fingerprint density at radius 3 is 0.884 bits per heavy atom. The predicted molar refractivity (Wildman–Crippen MR) is 459 cm³/mol.